The van der Waals surface area contributed by atoms with Gasteiger partial charge in [-0.3, -0.25) is 0 Å². The van der Waals surface area contributed by atoms with Crippen LogP contribution < -0.4 is 10.6 Å². The lowest BCUT2D eigenvalue weighted by Crippen LogP contribution is -2.38. The van der Waals surface area contributed by atoms with Crippen LogP contribution >= 0.6 is 0 Å². The van der Waals surface area contributed by atoms with E-state index in [0.29, 0.717) is 6.04 Å². The van der Waals surface area contributed by atoms with Crippen LogP contribution in [-0.2, 0) is 6.42 Å². The molecule has 0 aromatic heterocycles. The quantitative estimate of drug-likeness (QED) is 0.830. The van der Waals surface area contributed by atoms with E-state index >= 15 is 0 Å². The topological polar surface area (TPSA) is 24.1 Å². The molecule has 2 nitrogen and oxygen atoms in total. The summed E-state index contributed by atoms with van der Waals surface area (Å²) < 4.78 is 0. The molecule has 108 valence electrons. The van der Waals surface area contributed by atoms with E-state index in [1.54, 1.807) is 5.56 Å². The van der Waals surface area contributed by atoms with Gasteiger partial charge in [0.2, 0.25) is 0 Å². The molecule has 20 heavy (non-hydrogen) atoms. The maximum Gasteiger partial charge on any atom is 0.0449 e. The van der Waals surface area contributed by atoms with Gasteiger partial charge in [-0.15, -0.1) is 0 Å². The summed E-state index contributed by atoms with van der Waals surface area (Å²) in [5.74, 6) is 3.09. The number of rotatable bonds is 6. The molecule has 1 aromatic carbocycles. The van der Waals surface area contributed by atoms with Crippen LogP contribution in [0.4, 0.5) is 0 Å². The zero-order chi connectivity index (χ0) is 13.4. The Balaban J connectivity index is 1.33. The molecular weight excluding hydrogens is 244 g/mol. The highest BCUT2D eigenvalue weighted by molar-refractivity contribution is 5.32. The molecule has 1 unspecified atom stereocenters. The molecule has 0 bridgehead atoms. The Morgan fingerprint density at radius 1 is 1.10 bits per heavy atom. The molecule has 1 atom stereocenters. The summed E-state index contributed by atoms with van der Waals surface area (Å²) in [6, 6.07) is 9.45. The van der Waals surface area contributed by atoms with Crippen molar-refractivity contribution in [3.8, 4) is 0 Å². The highest BCUT2D eigenvalue weighted by Gasteiger charge is 2.40. The average Bonchev–Trinajstić information content (AvgIpc) is 3.38. The van der Waals surface area contributed by atoms with Gasteiger partial charge in [0.25, 0.3) is 0 Å². The minimum atomic E-state index is 0.513. The van der Waals surface area contributed by atoms with Crippen molar-refractivity contribution in [2.45, 2.75) is 38.1 Å². The molecule has 1 heterocycles. The second kappa shape index (κ2) is 5.50. The van der Waals surface area contributed by atoms with Gasteiger partial charge in [-0.2, -0.15) is 0 Å². The third-order valence-corrected chi connectivity index (χ3v) is 5.40. The van der Waals surface area contributed by atoms with Crippen LogP contribution in [0.1, 0.15) is 42.9 Å². The Hall–Kier alpha value is -0.860. The summed E-state index contributed by atoms with van der Waals surface area (Å²) >= 11 is 0. The van der Waals surface area contributed by atoms with Crippen molar-refractivity contribution < 1.29 is 0 Å². The van der Waals surface area contributed by atoms with Gasteiger partial charge in [0, 0.05) is 12.6 Å². The molecule has 0 spiro atoms. The van der Waals surface area contributed by atoms with Gasteiger partial charge < -0.3 is 10.6 Å². The van der Waals surface area contributed by atoms with Crippen LogP contribution in [0, 0.1) is 17.8 Å². The maximum atomic E-state index is 3.78. The van der Waals surface area contributed by atoms with Gasteiger partial charge in [-0.1, -0.05) is 24.3 Å². The summed E-state index contributed by atoms with van der Waals surface area (Å²) in [6.45, 7) is 3.46. The van der Waals surface area contributed by atoms with E-state index in [1.807, 2.05) is 0 Å². The first-order valence-corrected chi connectivity index (χ1v) is 8.44. The molecule has 2 heteroatoms. The average molecular weight is 270 g/mol. The normalized spacial score (nSPS) is 25.8. The second-order valence-corrected chi connectivity index (χ2v) is 6.95. The Labute approximate surface area is 122 Å². The van der Waals surface area contributed by atoms with E-state index < -0.39 is 0 Å². The highest BCUT2D eigenvalue weighted by atomic mass is 15.0. The van der Waals surface area contributed by atoms with Gasteiger partial charge in [-0.05, 0) is 74.1 Å². The largest absolute Gasteiger partial charge is 0.315 e. The molecule has 3 aliphatic rings. The Morgan fingerprint density at radius 2 is 1.85 bits per heavy atom. The Morgan fingerprint density at radius 3 is 2.60 bits per heavy atom. The number of fused-ring (bicyclic) bond motifs is 1. The molecule has 0 saturated heterocycles. The summed E-state index contributed by atoms with van der Waals surface area (Å²) in [5, 5.41) is 7.45. The zero-order valence-electron chi connectivity index (χ0n) is 12.3. The standard InChI is InChI=1S/C18H26N2/c1-2-4-16-13(3-1)9-10-20-18(16)12-19-11-17(14-5-6-14)15-7-8-15/h1-4,14-15,17-20H,5-12H2. The number of hydrogen-bond donors (Lipinski definition) is 2. The van der Waals surface area contributed by atoms with Crippen molar-refractivity contribution in [3.63, 3.8) is 0 Å². The van der Waals surface area contributed by atoms with Crippen molar-refractivity contribution in [1.29, 1.82) is 0 Å². The summed E-state index contributed by atoms with van der Waals surface area (Å²) in [6.07, 6.45) is 7.15. The summed E-state index contributed by atoms with van der Waals surface area (Å²) in [4.78, 5) is 0. The van der Waals surface area contributed by atoms with Crippen molar-refractivity contribution >= 4 is 0 Å². The van der Waals surface area contributed by atoms with Crippen LogP contribution in [0.15, 0.2) is 24.3 Å². The summed E-state index contributed by atoms with van der Waals surface area (Å²) in [7, 11) is 0. The zero-order valence-corrected chi connectivity index (χ0v) is 12.3. The molecule has 4 rings (SSSR count). The second-order valence-electron chi connectivity index (χ2n) is 6.95. The molecule has 2 aliphatic carbocycles. The Bertz CT molecular complexity index is 450. The molecule has 2 fully saturated rings. The minimum Gasteiger partial charge on any atom is -0.315 e. The number of hydrogen-bond acceptors (Lipinski definition) is 2. The van der Waals surface area contributed by atoms with Gasteiger partial charge in [0.15, 0.2) is 0 Å². The SMILES string of the molecule is c1ccc2c(c1)CCNC2CNCC(C1CC1)C1CC1. The van der Waals surface area contributed by atoms with Crippen LogP contribution in [0.5, 0.6) is 0 Å². The molecule has 0 radical (unpaired) electrons. The lowest BCUT2D eigenvalue weighted by Gasteiger charge is -2.28. The first kappa shape index (κ1) is 12.8. The van der Waals surface area contributed by atoms with E-state index in [9.17, 15) is 0 Å². The van der Waals surface area contributed by atoms with E-state index in [1.165, 1.54) is 44.2 Å². The maximum absolute atomic E-state index is 3.78. The van der Waals surface area contributed by atoms with Crippen LogP contribution in [0.3, 0.4) is 0 Å². The lowest BCUT2D eigenvalue weighted by atomic mass is 9.94. The first-order chi connectivity index (χ1) is 9.92. The molecule has 2 N–H and O–H groups in total. The molecule has 1 aliphatic heterocycles. The van der Waals surface area contributed by atoms with Crippen LogP contribution in [0.25, 0.3) is 0 Å². The van der Waals surface area contributed by atoms with E-state index in [0.717, 1.165) is 30.8 Å². The van der Waals surface area contributed by atoms with Crippen molar-refractivity contribution in [2.75, 3.05) is 19.6 Å². The third-order valence-electron chi connectivity index (χ3n) is 5.40. The molecular formula is C18H26N2. The van der Waals surface area contributed by atoms with E-state index in [2.05, 4.69) is 34.9 Å². The monoisotopic (exact) mass is 270 g/mol. The predicted molar refractivity (Wildman–Crippen MR) is 82.7 cm³/mol. The fourth-order valence-corrected chi connectivity index (χ4v) is 3.94. The first-order valence-electron chi connectivity index (χ1n) is 8.44. The van der Waals surface area contributed by atoms with Crippen molar-refractivity contribution in [2.24, 2.45) is 17.8 Å². The highest BCUT2D eigenvalue weighted by Crippen LogP contribution is 2.48. The smallest absolute Gasteiger partial charge is 0.0449 e. The van der Waals surface area contributed by atoms with E-state index in [-0.39, 0.29) is 0 Å². The van der Waals surface area contributed by atoms with Gasteiger partial charge in [0.1, 0.15) is 0 Å². The molecule has 0 amide bonds. The van der Waals surface area contributed by atoms with Gasteiger partial charge in [0.05, 0.1) is 0 Å². The van der Waals surface area contributed by atoms with Gasteiger partial charge >= 0.3 is 0 Å². The van der Waals surface area contributed by atoms with Crippen molar-refractivity contribution in [1.82, 2.24) is 10.6 Å². The molecule has 1 aromatic rings. The van der Waals surface area contributed by atoms with Crippen LogP contribution in [0.2, 0.25) is 0 Å². The fraction of sp³-hybridized carbons (Fsp3) is 0.667. The lowest BCUT2D eigenvalue weighted by molar-refractivity contribution is 0.362. The number of nitrogens with one attached hydrogen (secondary N) is 2. The summed E-state index contributed by atoms with van der Waals surface area (Å²) in [5.41, 5.74) is 3.06. The van der Waals surface area contributed by atoms with Crippen LogP contribution in [-0.4, -0.2) is 19.6 Å². The predicted octanol–water partition coefficient (Wildman–Crippen LogP) is 2.90. The Kier molecular flexibility index (Phi) is 3.53. The minimum absolute atomic E-state index is 0.513. The van der Waals surface area contributed by atoms with E-state index in [4.69, 9.17) is 0 Å². The fourth-order valence-electron chi connectivity index (χ4n) is 3.94. The van der Waals surface area contributed by atoms with Crippen molar-refractivity contribution in [3.05, 3.63) is 35.4 Å². The third kappa shape index (κ3) is 2.77. The van der Waals surface area contributed by atoms with Gasteiger partial charge in [-0.25, -0.2) is 0 Å². The number of benzene rings is 1. The molecule has 2 saturated carbocycles.